The minimum atomic E-state index is -1.38. The summed E-state index contributed by atoms with van der Waals surface area (Å²) in [7, 11) is 0. The quantitative estimate of drug-likeness (QED) is 0.647. The largest absolute Gasteiger partial charge is 0.454 e. The highest BCUT2D eigenvalue weighted by Gasteiger charge is 2.40. The summed E-state index contributed by atoms with van der Waals surface area (Å²) in [6.07, 6.45) is -1.35. The van der Waals surface area contributed by atoms with Crippen LogP contribution in [0.2, 0.25) is 0 Å². The topological polar surface area (TPSA) is 55.4 Å². The number of ether oxygens (including phenoxy) is 1. The molecule has 0 aromatic heterocycles. The van der Waals surface area contributed by atoms with Gasteiger partial charge in [0, 0.05) is 12.1 Å². The third kappa shape index (κ3) is 1.92. The van der Waals surface area contributed by atoms with Crippen LogP contribution in [-0.4, -0.2) is 25.0 Å². The van der Waals surface area contributed by atoms with Gasteiger partial charge in [-0.1, -0.05) is 0 Å². The Morgan fingerprint density at radius 2 is 1.94 bits per heavy atom. The summed E-state index contributed by atoms with van der Waals surface area (Å²) in [5, 5.41) is 2.30. The van der Waals surface area contributed by atoms with E-state index in [0.717, 1.165) is 6.07 Å². The SMILES string of the molecule is O=COC1C(=O)NC[C@H]1c1c(F)ccc(F)c1F. The van der Waals surface area contributed by atoms with Crippen LogP contribution < -0.4 is 5.32 Å². The first-order valence-corrected chi connectivity index (χ1v) is 5.06. The van der Waals surface area contributed by atoms with Gasteiger partial charge in [-0.05, 0) is 12.1 Å². The van der Waals surface area contributed by atoms with Gasteiger partial charge in [-0.15, -0.1) is 0 Å². The van der Waals surface area contributed by atoms with Gasteiger partial charge >= 0.3 is 0 Å². The van der Waals surface area contributed by atoms with Crippen LogP contribution >= 0.6 is 0 Å². The summed E-state index contributed by atoms with van der Waals surface area (Å²) in [5.41, 5.74) is -0.597. The highest BCUT2D eigenvalue weighted by Crippen LogP contribution is 2.30. The van der Waals surface area contributed by atoms with E-state index < -0.39 is 40.9 Å². The van der Waals surface area contributed by atoms with Crippen molar-refractivity contribution in [3.63, 3.8) is 0 Å². The minimum absolute atomic E-state index is 0.0116. The second kappa shape index (κ2) is 4.67. The molecule has 4 nitrogen and oxygen atoms in total. The highest BCUT2D eigenvalue weighted by molar-refractivity contribution is 5.85. The Kier molecular flexibility index (Phi) is 3.22. The maximum Gasteiger partial charge on any atom is 0.293 e. The predicted molar refractivity (Wildman–Crippen MR) is 53.0 cm³/mol. The summed E-state index contributed by atoms with van der Waals surface area (Å²) in [5.74, 6) is -5.35. The van der Waals surface area contributed by atoms with Gasteiger partial charge in [0.05, 0.1) is 5.92 Å². The van der Waals surface area contributed by atoms with Gasteiger partial charge in [-0.2, -0.15) is 0 Å². The number of hydrogen-bond acceptors (Lipinski definition) is 3. The lowest BCUT2D eigenvalue weighted by molar-refractivity contribution is -0.143. The molecule has 0 aliphatic carbocycles. The molecule has 1 amide bonds. The Morgan fingerprint density at radius 3 is 2.61 bits per heavy atom. The molecule has 1 unspecified atom stereocenters. The zero-order chi connectivity index (χ0) is 13.3. The van der Waals surface area contributed by atoms with E-state index >= 15 is 0 Å². The third-order valence-electron chi connectivity index (χ3n) is 2.77. The molecule has 1 heterocycles. The average molecular weight is 259 g/mol. The lowest BCUT2D eigenvalue weighted by Gasteiger charge is -2.16. The second-order valence-electron chi connectivity index (χ2n) is 3.76. The monoisotopic (exact) mass is 259 g/mol. The molecular formula is C11H8F3NO3. The van der Waals surface area contributed by atoms with Crippen molar-refractivity contribution in [2.24, 2.45) is 0 Å². The molecule has 1 fully saturated rings. The zero-order valence-corrected chi connectivity index (χ0v) is 8.95. The normalized spacial score (nSPS) is 22.7. The van der Waals surface area contributed by atoms with Gasteiger partial charge in [0.25, 0.3) is 12.4 Å². The fourth-order valence-corrected chi connectivity index (χ4v) is 1.95. The molecule has 18 heavy (non-hydrogen) atoms. The molecule has 7 heteroatoms. The Morgan fingerprint density at radius 1 is 1.28 bits per heavy atom. The second-order valence-corrected chi connectivity index (χ2v) is 3.76. The van der Waals surface area contributed by atoms with Crippen LogP contribution in [-0.2, 0) is 14.3 Å². The Labute approximate surface area is 99.7 Å². The maximum absolute atomic E-state index is 13.6. The van der Waals surface area contributed by atoms with Crippen molar-refractivity contribution >= 4 is 12.4 Å². The van der Waals surface area contributed by atoms with Gasteiger partial charge < -0.3 is 10.1 Å². The van der Waals surface area contributed by atoms with Crippen molar-refractivity contribution in [2.45, 2.75) is 12.0 Å². The summed E-state index contributed by atoms with van der Waals surface area (Å²) < 4.78 is 44.6. The summed E-state index contributed by atoms with van der Waals surface area (Å²) >= 11 is 0. The molecule has 0 bridgehead atoms. The first-order chi connectivity index (χ1) is 8.56. The number of carbonyl (C=O) groups is 2. The van der Waals surface area contributed by atoms with Crippen LogP contribution in [0, 0.1) is 17.5 Å². The lowest BCUT2D eigenvalue weighted by Crippen LogP contribution is -2.28. The molecule has 2 rings (SSSR count). The van der Waals surface area contributed by atoms with Crippen LogP contribution in [0.5, 0.6) is 0 Å². The number of hydrogen-bond donors (Lipinski definition) is 1. The van der Waals surface area contributed by atoms with Crippen molar-refractivity contribution in [1.29, 1.82) is 0 Å². The molecule has 1 saturated heterocycles. The summed E-state index contributed by atoms with van der Waals surface area (Å²) in [6, 6.07) is 1.41. The van der Waals surface area contributed by atoms with E-state index in [4.69, 9.17) is 0 Å². The number of carbonyl (C=O) groups excluding carboxylic acids is 2. The summed E-state index contributed by atoms with van der Waals surface area (Å²) in [4.78, 5) is 21.6. The van der Waals surface area contributed by atoms with Crippen molar-refractivity contribution in [1.82, 2.24) is 5.32 Å². The van der Waals surface area contributed by atoms with Gasteiger partial charge in [-0.3, -0.25) is 9.59 Å². The smallest absolute Gasteiger partial charge is 0.293 e. The minimum Gasteiger partial charge on any atom is -0.454 e. The van der Waals surface area contributed by atoms with Crippen LogP contribution in [0.3, 0.4) is 0 Å². The fraction of sp³-hybridized carbons (Fsp3) is 0.273. The number of benzene rings is 1. The van der Waals surface area contributed by atoms with Crippen LogP contribution in [0.25, 0.3) is 0 Å². The first-order valence-electron chi connectivity index (χ1n) is 5.06. The number of nitrogens with one attached hydrogen (secondary N) is 1. The van der Waals surface area contributed by atoms with Crippen molar-refractivity contribution in [2.75, 3.05) is 6.54 Å². The molecule has 1 aliphatic heterocycles. The Hall–Kier alpha value is -2.05. The molecule has 1 N–H and O–H groups in total. The van der Waals surface area contributed by atoms with Gasteiger partial charge in [0.15, 0.2) is 17.7 Å². The predicted octanol–water partition coefficient (Wildman–Crippen LogP) is 0.859. The number of halogens is 3. The van der Waals surface area contributed by atoms with Gasteiger partial charge in [-0.25, -0.2) is 13.2 Å². The van der Waals surface area contributed by atoms with E-state index in [0.29, 0.717) is 6.07 Å². The van der Waals surface area contributed by atoms with E-state index in [-0.39, 0.29) is 13.0 Å². The van der Waals surface area contributed by atoms with E-state index in [1.54, 1.807) is 0 Å². The highest BCUT2D eigenvalue weighted by atomic mass is 19.2. The van der Waals surface area contributed by atoms with Crippen molar-refractivity contribution < 1.29 is 27.5 Å². The number of rotatable bonds is 3. The number of amides is 1. The molecule has 96 valence electrons. The van der Waals surface area contributed by atoms with Gasteiger partial charge in [0.2, 0.25) is 0 Å². The Bertz CT molecular complexity index is 507. The molecule has 0 saturated carbocycles. The average Bonchev–Trinajstić information content (AvgIpc) is 2.68. The summed E-state index contributed by atoms with van der Waals surface area (Å²) in [6.45, 7) is -0.119. The van der Waals surface area contributed by atoms with E-state index in [1.165, 1.54) is 0 Å². The molecule has 1 aromatic carbocycles. The van der Waals surface area contributed by atoms with Crippen LogP contribution in [0.15, 0.2) is 12.1 Å². The first kappa shape index (κ1) is 12.4. The molecule has 1 aliphatic rings. The van der Waals surface area contributed by atoms with Gasteiger partial charge in [0.1, 0.15) is 5.82 Å². The van der Waals surface area contributed by atoms with Crippen molar-refractivity contribution in [3.05, 3.63) is 35.1 Å². The van der Waals surface area contributed by atoms with E-state index in [1.807, 2.05) is 0 Å². The zero-order valence-electron chi connectivity index (χ0n) is 8.95. The molecule has 0 radical (unpaired) electrons. The standard InChI is InChI=1S/C11H8F3NO3/c12-6-1-2-7(13)9(14)8(6)5-3-15-11(17)10(5)18-4-16/h1-2,4-5,10H,3H2,(H,15,17)/t5-,10?/m0/s1. The maximum atomic E-state index is 13.6. The Balaban J connectivity index is 2.45. The third-order valence-corrected chi connectivity index (χ3v) is 2.77. The fourth-order valence-electron chi connectivity index (χ4n) is 1.95. The molecule has 1 aromatic rings. The van der Waals surface area contributed by atoms with E-state index in [9.17, 15) is 22.8 Å². The molecule has 2 atom stereocenters. The van der Waals surface area contributed by atoms with Crippen molar-refractivity contribution in [3.8, 4) is 0 Å². The molecule has 0 spiro atoms. The van der Waals surface area contributed by atoms with Crippen LogP contribution in [0.1, 0.15) is 11.5 Å². The van der Waals surface area contributed by atoms with Crippen LogP contribution in [0.4, 0.5) is 13.2 Å². The lowest BCUT2D eigenvalue weighted by atomic mass is 9.94. The van der Waals surface area contributed by atoms with E-state index in [2.05, 4.69) is 10.1 Å². The molecular weight excluding hydrogens is 251 g/mol.